The van der Waals surface area contributed by atoms with E-state index in [9.17, 15) is 4.79 Å². The molecule has 0 bridgehead atoms. The zero-order valence-electron chi connectivity index (χ0n) is 14.4. The molecule has 1 aromatic heterocycles. The highest BCUT2D eigenvalue weighted by Gasteiger charge is 2.25. The van der Waals surface area contributed by atoms with Crippen molar-refractivity contribution < 1.29 is 14.3 Å². The Morgan fingerprint density at radius 1 is 1.24 bits per heavy atom. The van der Waals surface area contributed by atoms with E-state index in [0.29, 0.717) is 18.3 Å². The fraction of sp³-hybridized carbons (Fsp3) is 0.421. The lowest BCUT2D eigenvalue weighted by molar-refractivity contribution is -0.136. The van der Waals surface area contributed by atoms with E-state index in [0.717, 1.165) is 31.4 Å². The summed E-state index contributed by atoms with van der Waals surface area (Å²) in [6, 6.07) is 9.73. The molecule has 1 atom stereocenters. The minimum atomic E-state index is -0.0816. The third-order valence-corrected chi connectivity index (χ3v) is 4.20. The number of piperidine rings is 1. The summed E-state index contributed by atoms with van der Waals surface area (Å²) in [5, 5.41) is 0. The van der Waals surface area contributed by atoms with Crippen molar-refractivity contribution in [3.63, 3.8) is 0 Å². The first-order chi connectivity index (χ1) is 12.2. The van der Waals surface area contributed by atoms with Crippen LogP contribution in [0.2, 0.25) is 0 Å². The molecule has 1 unspecified atom stereocenters. The molecule has 1 aromatic carbocycles. The van der Waals surface area contributed by atoms with Gasteiger partial charge in [-0.25, -0.2) is 9.97 Å². The molecule has 1 amide bonds. The van der Waals surface area contributed by atoms with Crippen LogP contribution in [0.1, 0.15) is 25.3 Å². The van der Waals surface area contributed by atoms with E-state index in [1.54, 1.807) is 17.3 Å². The maximum Gasteiger partial charge on any atom is 0.316 e. The topological polar surface area (TPSA) is 64.5 Å². The van der Waals surface area contributed by atoms with Gasteiger partial charge < -0.3 is 14.4 Å². The molecule has 1 saturated heterocycles. The fourth-order valence-electron chi connectivity index (χ4n) is 2.75. The normalized spacial score (nSPS) is 17.2. The van der Waals surface area contributed by atoms with Crippen LogP contribution in [-0.2, 0) is 11.2 Å². The molecule has 25 heavy (non-hydrogen) atoms. The Labute approximate surface area is 147 Å². The number of benzene rings is 1. The molecule has 0 aliphatic carbocycles. The molecule has 0 spiro atoms. The summed E-state index contributed by atoms with van der Waals surface area (Å²) < 4.78 is 11.4. The van der Waals surface area contributed by atoms with Crippen LogP contribution in [0.15, 0.2) is 42.7 Å². The number of para-hydroxylation sites is 1. The van der Waals surface area contributed by atoms with Crippen LogP contribution in [0.25, 0.3) is 0 Å². The SMILES string of the molecule is CCc1cnc(OC2CCCN(C(=O)COc3ccccc3)C2)nc1. The highest BCUT2D eigenvalue weighted by molar-refractivity contribution is 5.77. The molecule has 6 heteroatoms. The summed E-state index contributed by atoms with van der Waals surface area (Å²) in [6.45, 7) is 3.36. The third-order valence-electron chi connectivity index (χ3n) is 4.20. The first-order valence-electron chi connectivity index (χ1n) is 8.68. The molecule has 1 fully saturated rings. The molecule has 1 aliphatic heterocycles. The zero-order valence-corrected chi connectivity index (χ0v) is 14.4. The van der Waals surface area contributed by atoms with E-state index >= 15 is 0 Å². The van der Waals surface area contributed by atoms with Crippen LogP contribution in [-0.4, -0.2) is 46.6 Å². The van der Waals surface area contributed by atoms with E-state index < -0.39 is 0 Å². The molecule has 2 heterocycles. The van der Waals surface area contributed by atoms with Crippen LogP contribution in [0.5, 0.6) is 11.8 Å². The van der Waals surface area contributed by atoms with Gasteiger partial charge in [0.2, 0.25) is 0 Å². The van der Waals surface area contributed by atoms with Crippen LogP contribution < -0.4 is 9.47 Å². The van der Waals surface area contributed by atoms with Crippen molar-refractivity contribution >= 4 is 5.91 Å². The molecule has 132 valence electrons. The maximum atomic E-state index is 12.4. The van der Waals surface area contributed by atoms with Crippen molar-refractivity contribution in [1.29, 1.82) is 0 Å². The van der Waals surface area contributed by atoms with Gasteiger partial charge in [-0.3, -0.25) is 4.79 Å². The van der Waals surface area contributed by atoms with Gasteiger partial charge in [0, 0.05) is 18.9 Å². The first kappa shape index (κ1) is 17.2. The van der Waals surface area contributed by atoms with E-state index in [2.05, 4.69) is 16.9 Å². The number of aromatic nitrogens is 2. The average Bonchev–Trinajstić information content (AvgIpc) is 2.68. The fourth-order valence-corrected chi connectivity index (χ4v) is 2.75. The van der Waals surface area contributed by atoms with Gasteiger partial charge in [-0.2, -0.15) is 0 Å². The summed E-state index contributed by atoms with van der Waals surface area (Å²) in [6.07, 6.45) is 6.16. The van der Waals surface area contributed by atoms with Crippen LogP contribution in [0.4, 0.5) is 0 Å². The highest BCUT2D eigenvalue weighted by Crippen LogP contribution is 2.16. The summed E-state index contributed by atoms with van der Waals surface area (Å²) in [5.41, 5.74) is 1.07. The first-order valence-corrected chi connectivity index (χ1v) is 8.68. The molecule has 2 aromatic rings. The molecule has 0 N–H and O–H groups in total. The van der Waals surface area contributed by atoms with Gasteiger partial charge in [0.25, 0.3) is 5.91 Å². The smallest absolute Gasteiger partial charge is 0.316 e. The number of likely N-dealkylation sites (tertiary alicyclic amines) is 1. The quantitative estimate of drug-likeness (QED) is 0.808. The van der Waals surface area contributed by atoms with E-state index in [4.69, 9.17) is 9.47 Å². The van der Waals surface area contributed by atoms with Crippen LogP contribution in [0, 0.1) is 0 Å². The van der Waals surface area contributed by atoms with Gasteiger partial charge in [0.15, 0.2) is 6.61 Å². The van der Waals surface area contributed by atoms with Crippen LogP contribution >= 0.6 is 0 Å². The predicted octanol–water partition coefficient (Wildman–Crippen LogP) is 2.49. The maximum absolute atomic E-state index is 12.4. The van der Waals surface area contributed by atoms with Gasteiger partial charge >= 0.3 is 6.01 Å². The molecular weight excluding hydrogens is 318 g/mol. The van der Waals surface area contributed by atoms with Crippen molar-refractivity contribution in [2.24, 2.45) is 0 Å². The number of carbonyl (C=O) groups excluding carboxylic acids is 1. The molecule has 1 aliphatic rings. The Hall–Kier alpha value is -2.63. The number of hydrogen-bond donors (Lipinski definition) is 0. The van der Waals surface area contributed by atoms with Crippen LogP contribution in [0.3, 0.4) is 0 Å². The zero-order chi connectivity index (χ0) is 17.5. The Kier molecular flexibility index (Phi) is 5.82. The van der Waals surface area contributed by atoms with Crippen molar-refractivity contribution in [3.8, 4) is 11.8 Å². The second kappa shape index (κ2) is 8.46. The minimum Gasteiger partial charge on any atom is -0.484 e. The molecule has 6 nitrogen and oxygen atoms in total. The van der Waals surface area contributed by atoms with Crippen molar-refractivity contribution in [1.82, 2.24) is 14.9 Å². The van der Waals surface area contributed by atoms with Gasteiger partial charge in [-0.1, -0.05) is 25.1 Å². The second-order valence-corrected chi connectivity index (χ2v) is 6.05. The number of rotatable bonds is 6. The lowest BCUT2D eigenvalue weighted by atomic mass is 10.1. The van der Waals surface area contributed by atoms with Gasteiger partial charge in [0.05, 0.1) is 6.54 Å². The summed E-state index contributed by atoms with van der Waals surface area (Å²) in [5.74, 6) is 0.671. The number of amides is 1. The van der Waals surface area contributed by atoms with Crippen molar-refractivity contribution in [2.45, 2.75) is 32.3 Å². The molecular formula is C19H23N3O3. The van der Waals surface area contributed by atoms with E-state index in [-0.39, 0.29) is 18.6 Å². The minimum absolute atomic E-state index is 0.0283. The monoisotopic (exact) mass is 341 g/mol. The molecule has 3 rings (SSSR count). The van der Waals surface area contributed by atoms with Gasteiger partial charge in [0.1, 0.15) is 11.9 Å². The highest BCUT2D eigenvalue weighted by atomic mass is 16.5. The lowest BCUT2D eigenvalue weighted by Crippen LogP contribution is -2.46. The largest absolute Gasteiger partial charge is 0.484 e. The van der Waals surface area contributed by atoms with Crippen molar-refractivity contribution in [3.05, 3.63) is 48.3 Å². The Balaban J connectivity index is 1.50. The Morgan fingerprint density at radius 3 is 2.72 bits per heavy atom. The predicted molar refractivity (Wildman–Crippen MR) is 93.6 cm³/mol. The van der Waals surface area contributed by atoms with E-state index in [1.807, 2.05) is 30.3 Å². The molecule has 0 saturated carbocycles. The number of hydrogen-bond acceptors (Lipinski definition) is 5. The van der Waals surface area contributed by atoms with Gasteiger partial charge in [-0.05, 0) is 37.0 Å². The number of carbonyl (C=O) groups is 1. The van der Waals surface area contributed by atoms with E-state index in [1.165, 1.54) is 0 Å². The lowest BCUT2D eigenvalue weighted by Gasteiger charge is -2.32. The summed E-state index contributed by atoms with van der Waals surface area (Å²) in [7, 11) is 0. The summed E-state index contributed by atoms with van der Waals surface area (Å²) in [4.78, 5) is 22.6. The Morgan fingerprint density at radius 2 is 2.00 bits per heavy atom. The standard InChI is InChI=1S/C19H23N3O3/c1-2-15-11-20-19(21-12-15)25-17-9-6-10-22(13-17)18(23)14-24-16-7-4-3-5-8-16/h3-5,7-8,11-12,17H,2,6,9-10,13-14H2,1H3. The Bertz CT molecular complexity index is 676. The second-order valence-electron chi connectivity index (χ2n) is 6.05. The molecule has 0 radical (unpaired) electrons. The van der Waals surface area contributed by atoms with Gasteiger partial charge in [-0.15, -0.1) is 0 Å². The summed E-state index contributed by atoms with van der Waals surface area (Å²) >= 11 is 0. The number of nitrogens with zero attached hydrogens (tertiary/aromatic N) is 3. The average molecular weight is 341 g/mol. The number of aryl methyl sites for hydroxylation is 1. The third kappa shape index (κ3) is 4.92. The van der Waals surface area contributed by atoms with Crippen molar-refractivity contribution in [2.75, 3.05) is 19.7 Å². The number of ether oxygens (including phenoxy) is 2.